The molecule has 2 N–H and O–H groups in total. The number of benzene rings is 1. The van der Waals surface area contributed by atoms with E-state index in [-0.39, 0.29) is 5.91 Å². The van der Waals surface area contributed by atoms with E-state index in [1.807, 2.05) is 0 Å². The van der Waals surface area contributed by atoms with Crippen LogP contribution in [0.1, 0.15) is 16.2 Å². The number of rotatable bonds is 3. The number of amides is 1. The quantitative estimate of drug-likeness (QED) is 0.855. The fourth-order valence-corrected chi connectivity index (χ4v) is 1.39. The maximum absolute atomic E-state index is 11.7. The topological polar surface area (TPSA) is 57.8 Å². The van der Waals surface area contributed by atoms with E-state index in [9.17, 15) is 4.79 Å². The summed E-state index contributed by atoms with van der Waals surface area (Å²) in [6.07, 6.45) is 3.35. The molecule has 0 saturated heterocycles. The molecule has 0 radical (unpaired) electrons. The van der Waals surface area contributed by atoms with Crippen molar-refractivity contribution in [2.75, 3.05) is 0 Å². The average Bonchev–Trinajstić information content (AvgIpc) is 2.80. The Hall–Kier alpha value is -1.81. The number of nitrogens with zero attached hydrogens (tertiary/aromatic N) is 1. The zero-order chi connectivity index (χ0) is 11.4. The Labute approximate surface area is 97.7 Å². The van der Waals surface area contributed by atoms with Gasteiger partial charge in [0.15, 0.2) is 0 Å². The Morgan fingerprint density at radius 2 is 2.12 bits per heavy atom. The lowest BCUT2D eigenvalue weighted by atomic mass is 10.2. The molecule has 0 fully saturated rings. The molecule has 82 valence electrons. The van der Waals surface area contributed by atoms with Crippen molar-refractivity contribution in [2.45, 2.75) is 6.54 Å². The second kappa shape index (κ2) is 4.81. The first-order chi connectivity index (χ1) is 7.75. The zero-order valence-electron chi connectivity index (χ0n) is 8.40. The number of hydrogen-bond donors (Lipinski definition) is 2. The van der Waals surface area contributed by atoms with Crippen LogP contribution < -0.4 is 5.32 Å². The first kappa shape index (κ1) is 10.7. The molecule has 0 atom stereocenters. The van der Waals surface area contributed by atoms with E-state index < -0.39 is 0 Å². The van der Waals surface area contributed by atoms with Gasteiger partial charge >= 0.3 is 0 Å². The van der Waals surface area contributed by atoms with Crippen LogP contribution in [0.5, 0.6) is 0 Å². The van der Waals surface area contributed by atoms with Gasteiger partial charge in [-0.1, -0.05) is 11.6 Å². The van der Waals surface area contributed by atoms with E-state index in [2.05, 4.69) is 15.3 Å². The Balaban J connectivity index is 1.95. The number of nitrogens with one attached hydrogen (secondary N) is 2. The van der Waals surface area contributed by atoms with E-state index in [0.717, 1.165) is 5.82 Å². The van der Waals surface area contributed by atoms with Crippen molar-refractivity contribution < 1.29 is 4.79 Å². The van der Waals surface area contributed by atoms with Crippen LogP contribution >= 0.6 is 11.6 Å². The molecular weight excluding hydrogens is 226 g/mol. The third-order valence-electron chi connectivity index (χ3n) is 2.08. The lowest BCUT2D eigenvalue weighted by Gasteiger charge is -2.03. The molecule has 0 aliphatic carbocycles. The summed E-state index contributed by atoms with van der Waals surface area (Å²) in [5, 5.41) is 3.36. The number of H-pyrrole nitrogens is 1. The summed E-state index contributed by atoms with van der Waals surface area (Å²) in [4.78, 5) is 18.6. The fraction of sp³-hybridized carbons (Fsp3) is 0.0909. The summed E-state index contributed by atoms with van der Waals surface area (Å²) in [6, 6.07) is 6.73. The highest BCUT2D eigenvalue weighted by atomic mass is 35.5. The lowest BCUT2D eigenvalue weighted by molar-refractivity contribution is 0.0950. The molecule has 1 aromatic carbocycles. The van der Waals surface area contributed by atoms with Crippen molar-refractivity contribution in [1.29, 1.82) is 0 Å². The summed E-state index contributed by atoms with van der Waals surface area (Å²) in [6.45, 7) is 0.383. The highest BCUT2D eigenvalue weighted by molar-refractivity contribution is 6.30. The lowest BCUT2D eigenvalue weighted by Crippen LogP contribution is -2.23. The van der Waals surface area contributed by atoms with Crippen LogP contribution in [0.3, 0.4) is 0 Å². The Kier molecular flexibility index (Phi) is 3.22. The van der Waals surface area contributed by atoms with Crippen molar-refractivity contribution in [2.24, 2.45) is 0 Å². The zero-order valence-corrected chi connectivity index (χ0v) is 9.16. The molecule has 5 heteroatoms. The molecule has 2 aromatic rings. The number of halogens is 1. The normalized spacial score (nSPS) is 10.1. The minimum atomic E-state index is -0.145. The second-order valence-electron chi connectivity index (χ2n) is 3.23. The SMILES string of the molecule is O=C(NCc1ncc[nH]1)c1ccc(Cl)cc1. The number of hydrogen-bond acceptors (Lipinski definition) is 2. The van der Waals surface area contributed by atoms with E-state index in [4.69, 9.17) is 11.6 Å². The summed E-state index contributed by atoms with van der Waals surface area (Å²) in [5.74, 6) is 0.579. The standard InChI is InChI=1S/C11H10ClN3O/c12-9-3-1-8(2-4-9)11(16)15-7-10-13-5-6-14-10/h1-6H,7H2,(H,13,14)(H,15,16). The largest absolute Gasteiger partial charge is 0.347 e. The molecule has 0 aliphatic heterocycles. The molecule has 2 rings (SSSR count). The van der Waals surface area contributed by atoms with Crippen LogP contribution in [-0.4, -0.2) is 15.9 Å². The molecule has 1 heterocycles. The van der Waals surface area contributed by atoms with Crippen LogP contribution in [0.4, 0.5) is 0 Å². The maximum Gasteiger partial charge on any atom is 0.251 e. The fourth-order valence-electron chi connectivity index (χ4n) is 1.26. The van der Waals surface area contributed by atoms with Gasteiger partial charge in [-0.05, 0) is 24.3 Å². The van der Waals surface area contributed by atoms with Crippen LogP contribution in [0.2, 0.25) is 5.02 Å². The number of aromatic amines is 1. The minimum Gasteiger partial charge on any atom is -0.347 e. The van der Waals surface area contributed by atoms with Crippen molar-refractivity contribution in [3.05, 3.63) is 53.1 Å². The van der Waals surface area contributed by atoms with Gasteiger partial charge in [-0.25, -0.2) is 4.98 Å². The molecule has 16 heavy (non-hydrogen) atoms. The molecule has 1 amide bonds. The van der Waals surface area contributed by atoms with Crippen molar-refractivity contribution in [1.82, 2.24) is 15.3 Å². The van der Waals surface area contributed by atoms with Gasteiger partial charge in [0.2, 0.25) is 0 Å². The highest BCUT2D eigenvalue weighted by Crippen LogP contribution is 2.09. The van der Waals surface area contributed by atoms with Crippen molar-refractivity contribution in [3.8, 4) is 0 Å². The molecule has 4 nitrogen and oxygen atoms in total. The Bertz CT molecular complexity index is 464. The molecule has 0 bridgehead atoms. The summed E-state index contributed by atoms with van der Waals surface area (Å²) >= 11 is 5.73. The van der Waals surface area contributed by atoms with Crippen molar-refractivity contribution in [3.63, 3.8) is 0 Å². The second-order valence-corrected chi connectivity index (χ2v) is 3.66. The number of carbonyl (C=O) groups excluding carboxylic acids is 1. The van der Waals surface area contributed by atoms with Gasteiger partial charge < -0.3 is 10.3 Å². The summed E-state index contributed by atoms with van der Waals surface area (Å²) < 4.78 is 0. The van der Waals surface area contributed by atoms with Crippen LogP contribution in [0.25, 0.3) is 0 Å². The van der Waals surface area contributed by atoms with Gasteiger partial charge in [0.1, 0.15) is 5.82 Å². The van der Waals surface area contributed by atoms with Gasteiger partial charge in [0.25, 0.3) is 5.91 Å². The molecule has 0 spiro atoms. The van der Waals surface area contributed by atoms with E-state index >= 15 is 0 Å². The summed E-state index contributed by atoms with van der Waals surface area (Å²) in [5.41, 5.74) is 0.580. The highest BCUT2D eigenvalue weighted by Gasteiger charge is 2.05. The molecular formula is C11H10ClN3O. The van der Waals surface area contributed by atoms with Crippen LogP contribution in [-0.2, 0) is 6.54 Å². The maximum atomic E-state index is 11.7. The predicted molar refractivity (Wildman–Crippen MR) is 61.2 cm³/mol. The number of carbonyl (C=O) groups is 1. The number of aromatic nitrogens is 2. The summed E-state index contributed by atoms with van der Waals surface area (Å²) in [7, 11) is 0. The first-order valence-corrected chi connectivity index (χ1v) is 5.15. The molecule has 1 aromatic heterocycles. The minimum absolute atomic E-state index is 0.145. The van der Waals surface area contributed by atoms with Gasteiger partial charge in [0.05, 0.1) is 6.54 Å². The molecule has 0 unspecified atom stereocenters. The Morgan fingerprint density at radius 3 is 2.75 bits per heavy atom. The van der Waals surface area contributed by atoms with Crippen LogP contribution in [0, 0.1) is 0 Å². The predicted octanol–water partition coefficient (Wildman–Crippen LogP) is 1.99. The third-order valence-corrected chi connectivity index (χ3v) is 2.33. The van der Waals surface area contributed by atoms with Crippen LogP contribution in [0.15, 0.2) is 36.7 Å². The van der Waals surface area contributed by atoms with E-state index in [0.29, 0.717) is 17.1 Å². The Morgan fingerprint density at radius 1 is 1.38 bits per heavy atom. The molecule has 0 saturated carbocycles. The van der Waals surface area contributed by atoms with Gasteiger partial charge in [0, 0.05) is 23.0 Å². The van der Waals surface area contributed by atoms with E-state index in [1.165, 1.54) is 0 Å². The van der Waals surface area contributed by atoms with E-state index in [1.54, 1.807) is 36.7 Å². The van der Waals surface area contributed by atoms with Gasteiger partial charge in [-0.2, -0.15) is 0 Å². The average molecular weight is 236 g/mol. The first-order valence-electron chi connectivity index (χ1n) is 4.78. The third kappa shape index (κ3) is 2.61. The monoisotopic (exact) mass is 235 g/mol. The number of imidazole rings is 1. The van der Waals surface area contributed by atoms with Gasteiger partial charge in [-0.15, -0.1) is 0 Å². The smallest absolute Gasteiger partial charge is 0.251 e. The van der Waals surface area contributed by atoms with Gasteiger partial charge in [-0.3, -0.25) is 4.79 Å². The molecule has 0 aliphatic rings. The van der Waals surface area contributed by atoms with Crippen molar-refractivity contribution >= 4 is 17.5 Å².